The summed E-state index contributed by atoms with van der Waals surface area (Å²) in [6.07, 6.45) is 3.77. The van der Waals surface area contributed by atoms with E-state index in [-0.39, 0.29) is 11.9 Å². The fourth-order valence-electron chi connectivity index (χ4n) is 3.03. The highest BCUT2D eigenvalue weighted by molar-refractivity contribution is 5.19. The molecule has 2 N–H and O–H groups in total. The lowest BCUT2D eigenvalue weighted by molar-refractivity contribution is 0.0445. The predicted octanol–water partition coefficient (Wildman–Crippen LogP) is 2.71. The molecular formula is C17H27FN2O. The Bertz CT molecular complexity index is 433. The van der Waals surface area contributed by atoms with Crippen molar-refractivity contribution in [2.24, 2.45) is 0 Å². The molecule has 3 nitrogen and oxygen atoms in total. The number of halogens is 1. The van der Waals surface area contributed by atoms with Gasteiger partial charge in [0.15, 0.2) is 0 Å². The van der Waals surface area contributed by atoms with E-state index in [1.165, 1.54) is 12.1 Å². The van der Waals surface area contributed by atoms with Gasteiger partial charge in [-0.15, -0.1) is 0 Å². The lowest BCUT2D eigenvalue weighted by Gasteiger charge is -2.25. The molecular weight excluding hydrogens is 267 g/mol. The maximum atomic E-state index is 13.0. The summed E-state index contributed by atoms with van der Waals surface area (Å²) in [4.78, 5) is 2.43. The highest BCUT2D eigenvalue weighted by Crippen LogP contribution is 2.23. The number of hydrogen-bond donors (Lipinski definition) is 2. The third-order valence-corrected chi connectivity index (χ3v) is 4.51. The van der Waals surface area contributed by atoms with Crippen molar-refractivity contribution in [3.05, 3.63) is 35.6 Å². The minimum Gasteiger partial charge on any atom is -0.390 e. The SMILES string of the molecule is CNC(CCN1CCCC(C)(O)CC1)c1ccc(F)cc1. The van der Waals surface area contributed by atoms with E-state index in [2.05, 4.69) is 10.2 Å². The zero-order chi connectivity index (χ0) is 15.3. The summed E-state index contributed by atoms with van der Waals surface area (Å²) in [6, 6.07) is 6.98. The van der Waals surface area contributed by atoms with Gasteiger partial charge in [0, 0.05) is 12.6 Å². The van der Waals surface area contributed by atoms with Crippen LogP contribution in [0.5, 0.6) is 0 Å². The molecule has 0 aromatic heterocycles. The fraction of sp³-hybridized carbons (Fsp3) is 0.647. The predicted molar refractivity (Wildman–Crippen MR) is 83.7 cm³/mol. The van der Waals surface area contributed by atoms with Crippen molar-refractivity contribution in [2.75, 3.05) is 26.7 Å². The van der Waals surface area contributed by atoms with E-state index in [1.54, 1.807) is 0 Å². The quantitative estimate of drug-likeness (QED) is 0.876. The van der Waals surface area contributed by atoms with Crippen LogP contribution in [0.25, 0.3) is 0 Å². The van der Waals surface area contributed by atoms with Crippen molar-refractivity contribution in [1.82, 2.24) is 10.2 Å². The molecule has 0 amide bonds. The molecule has 2 atom stereocenters. The molecule has 118 valence electrons. The molecule has 2 unspecified atom stereocenters. The van der Waals surface area contributed by atoms with Gasteiger partial charge in [-0.3, -0.25) is 0 Å². The van der Waals surface area contributed by atoms with Crippen LogP contribution in [-0.2, 0) is 0 Å². The summed E-state index contributed by atoms with van der Waals surface area (Å²) >= 11 is 0. The first-order valence-electron chi connectivity index (χ1n) is 7.88. The first-order chi connectivity index (χ1) is 10.00. The van der Waals surface area contributed by atoms with Crippen molar-refractivity contribution >= 4 is 0 Å². The molecule has 0 saturated carbocycles. The van der Waals surface area contributed by atoms with Crippen molar-refractivity contribution in [3.8, 4) is 0 Å². The number of rotatable bonds is 5. The van der Waals surface area contributed by atoms with Gasteiger partial charge < -0.3 is 15.3 Å². The van der Waals surface area contributed by atoms with Gasteiger partial charge in [0.05, 0.1) is 5.60 Å². The molecule has 0 spiro atoms. The van der Waals surface area contributed by atoms with Gasteiger partial charge >= 0.3 is 0 Å². The van der Waals surface area contributed by atoms with Gasteiger partial charge in [0.2, 0.25) is 0 Å². The average Bonchev–Trinajstić information content (AvgIpc) is 2.62. The van der Waals surface area contributed by atoms with Crippen molar-refractivity contribution in [2.45, 2.75) is 44.2 Å². The molecule has 0 bridgehead atoms. The summed E-state index contributed by atoms with van der Waals surface area (Å²) in [5.41, 5.74) is 0.620. The Morgan fingerprint density at radius 3 is 2.67 bits per heavy atom. The van der Waals surface area contributed by atoms with Crippen molar-refractivity contribution in [3.63, 3.8) is 0 Å². The van der Waals surface area contributed by atoms with Crippen LogP contribution in [0.4, 0.5) is 4.39 Å². The van der Waals surface area contributed by atoms with Crippen LogP contribution in [-0.4, -0.2) is 42.3 Å². The van der Waals surface area contributed by atoms with Crippen LogP contribution in [0.1, 0.15) is 44.2 Å². The third kappa shape index (κ3) is 5.06. The average molecular weight is 294 g/mol. The Morgan fingerprint density at radius 1 is 1.29 bits per heavy atom. The summed E-state index contributed by atoms with van der Waals surface area (Å²) in [5.74, 6) is -0.191. The molecule has 0 aliphatic carbocycles. The maximum Gasteiger partial charge on any atom is 0.123 e. The molecule has 2 rings (SSSR count). The minimum atomic E-state index is -0.506. The molecule has 1 fully saturated rings. The molecule has 1 heterocycles. The van der Waals surface area contributed by atoms with Gasteiger partial charge in [-0.05, 0) is 70.4 Å². The van der Waals surface area contributed by atoms with Gasteiger partial charge in [0.1, 0.15) is 5.82 Å². The monoisotopic (exact) mass is 294 g/mol. The number of likely N-dealkylation sites (tertiary alicyclic amines) is 1. The lowest BCUT2D eigenvalue weighted by atomic mass is 9.98. The highest BCUT2D eigenvalue weighted by atomic mass is 19.1. The smallest absolute Gasteiger partial charge is 0.123 e. The van der Waals surface area contributed by atoms with Crippen molar-refractivity contribution in [1.29, 1.82) is 0 Å². The molecule has 1 aromatic carbocycles. The second-order valence-corrected chi connectivity index (χ2v) is 6.37. The van der Waals surface area contributed by atoms with E-state index in [0.29, 0.717) is 0 Å². The molecule has 21 heavy (non-hydrogen) atoms. The number of aliphatic hydroxyl groups is 1. The Labute approximate surface area is 127 Å². The zero-order valence-electron chi connectivity index (χ0n) is 13.1. The van der Waals surface area contributed by atoms with E-state index in [0.717, 1.165) is 50.9 Å². The Hall–Kier alpha value is -0.970. The second-order valence-electron chi connectivity index (χ2n) is 6.37. The minimum absolute atomic E-state index is 0.191. The summed E-state index contributed by atoms with van der Waals surface area (Å²) in [5, 5.41) is 13.4. The molecule has 1 aliphatic heterocycles. The topological polar surface area (TPSA) is 35.5 Å². The van der Waals surface area contributed by atoms with Crippen LogP contribution in [0.3, 0.4) is 0 Å². The highest BCUT2D eigenvalue weighted by Gasteiger charge is 2.25. The zero-order valence-corrected chi connectivity index (χ0v) is 13.1. The van der Waals surface area contributed by atoms with E-state index >= 15 is 0 Å². The first kappa shape index (κ1) is 16.4. The van der Waals surface area contributed by atoms with Gasteiger partial charge in [-0.2, -0.15) is 0 Å². The van der Waals surface area contributed by atoms with Gasteiger partial charge in [-0.1, -0.05) is 12.1 Å². The Kier molecular flexibility index (Phi) is 5.73. The van der Waals surface area contributed by atoms with Gasteiger partial charge in [-0.25, -0.2) is 4.39 Å². The Morgan fingerprint density at radius 2 is 2.00 bits per heavy atom. The number of nitrogens with one attached hydrogen (secondary N) is 1. The molecule has 1 saturated heterocycles. The van der Waals surface area contributed by atoms with E-state index in [4.69, 9.17) is 0 Å². The van der Waals surface area contributed by atoms with Crippen LogP contribution in [0.15, 0.2) is 24.3 Å². The standard InChI is InChI=1S/C17H27FN2O/c1-17(21)9-3-11-20(13-10-17)12-8-16(19-2)14-4-6-15(18)7-5-14/h4-7,16,19,21H,3,8-13H2,1-2H3. The summed E-state index contributed by atoms with van der Waals surface area (Å²) in [7, 11) is 1.95. The van der Waals surface area contributed by atoms with E-state index in [1.807, 2.05) is 26.1 Å². The van der Waals surface area contributed by atoms with Crippen LogP contribution < -0.4 is 5.32 Å². The summed E-state index contributed by atoms with van der Waals surface area (Å²) < 4.78 is 13.0. The van der Waals surface area contributed by atoms with Gasteiger partial charge in [0.25, 0.3) is 0 Å². The van der Waals surface area contributed by atoms with E-state index < -0.39 is 5.60 Å². The molecule has 0 radical (unpaired) electrons. The number of nitrogens with zero attached hydrogens (tertiary/aromatic N) is 1. The van der Waals surface area contributed by atoms with Crippen LogP contribution >= 0.6 is 0 Å². The second kappa shape index (κ2) is 7.34. The van der Waals surface area contributed by atoms with Crippen molar-refractivity contribution < 1.29 is 9.50 Å². The fourth-order valence-corrected chi connectivity index (χ4v) is 3.03. The largest absolute Gasteiger partial charge is 0.390 e. The first-order valence-corrected chi connectivity index (χ1v) is 7.88. The Balaban J connectivity index is 1.87. The maximum absolute atomic E-state index is 13.0. The van der Waals surface area contributed by atoms with Crippen LogP contribution in [0.2, 0.25) is 0 Å². The summed E-state index contributed by atoms with van der Waals surface area (Å²) in [6.45, 7) is 4.94. The normalized spacial score (nSPS) is 25.5. The van der Waals surface area contributed by atoms with E-state index in [9.17, 15) is 9.50 Å². The number of benzene rings is 1. The third-order valence-electron chi connectivity index (χ3n) is 4.51. The van der Waals surface area contributed by atoms with Crippen LogP contribution in [0, 0.1) is 5.82 Å². The number of hydrogen-bond acceptors (Lipinski definition) is 3. The lowest BCUT2D eigenvalue weighted by Crippen LogP contribution is -2.31. The molecule has 1 aromatic rings. The molecule has 1 aliphatic rings. The molecule has 4 heteroatoms.